The van der Waals surface area contributed by atoms with E-state index in [1.165, 1.54) is 4.70 Å². The number of fused-ring (bicyclic) bond motifs is 11. The number of aromatic nitrogens is 2. The maximum atomic E-state index is 6.69. The summed E-state index contributed by atoms with van der Waals surface area (Å²) in [6.07, 6.45) is 0. The van der Waals surface area contributed by atoms with E-state index in [0.29, 0.717) is 5.82 Å². The maximum absolute atomic E-state index is 6.69. The number of furan rings is 2. The first-order valence-electron chi connectivity index (χ1n) is 16.3. The van der Waals surface area contributed by atoms with E-state index >= 15 is 0 Å². The number of thiophene rings is 1. The highest BCUT2D eigenvalue weighted by atomic mass is 32.1. The Hall–Kier alpha value is -6.30. The Kier molecular flexibility index (Phi) is 5.51. The second kappa shape index (κ2) is 10.1. The van der Waals surface area contributed by atoms with Crippen LogP contribution in [0.3, 0.4) is 0 Å². The summed E-state index contributed by atoms with van der Waals surface area (Å²) in [5.74, 6) is 0.678. The lowest BCUT2D eigenvalue weighted by Crippen LogP contribution is -1.95. The molecule has 11 aromatic rings. The van der Waals surface area contributed by atoms with Crippen molar-refractivity contribution in [1.82, 2.24) is 9.97 Å². The van der Waals surface area contributed by atoms with Crippen molar-refractivity contribution in [3.63, 3.8) is 0 Å². The fourth-order valence-electron chi connectivity index (χ4n) is 7.46. The van der Waals surface area contributed by atoms with E-state index in [4.69, 9.17) is 18.8 Å². The molecule has 0 N–H and O–H groups in total. The fraction of sp³-hybridized carbons (Fsp3) is 0. The van der Waals surface area contributed by atoms with Gasteiger partial charge in [0.1, 0.15) is 22.3 Å². The summed E-state index contributed by atoms with van der Waals surface area (Å²) in [7, 11) is 0. The van der Waals surface area contributed by atoms with E-state index in [-0.39, 0.29) is 0 Å². The summed E-state index contributed by atoms with van der Waals surface area (Å²) < 4.78 is 15.2. The molecular weight excluding hydrogens is 621 g/mol. The van der Waals surface area contributed by atoms with Crippen LogP contribution in [0.2, 0.25) is 0 Å². The molecule has 0 unspecified atom stereocenters. The summed E-state index contributed by atoms with van der Waals surface area (Å²) in [4.78, 5) is 10.8. The molecule has 0 spiro atoms. The number of nitrogens with zero attached hydrogens (tertiary/aromatic N) is 2. The standard InChI is InChI=1S/C44H24N2O2S/c1-2-11-25(12-3-1)26-21-22-28-34-24-33(27-13-4-5-14-29(27)42(34)48-37(28)23-26)41-43-40(31-16-7-9-20-38(31)49-43)45-44(46-41)32-17-10-19-36-39(32)30-15-6-8-18-35(30)47-36/h1-24H. The number of para-hydroxylation sites is 1. The highest BCUT2D eigenvalue weighted by molar-refractivity contribution is 7.26. The normalized spacial score (nSPS) is 12.1. The summed E-state index contributed by atoms with van der Waals surface area (Å²) in [6.45, 7) is 0. The molecule has 49 heavy (non-hydrogen) atoms. The van der Waals surface area contributed by atoms with E-state index in [2.05, 4.69) is 115 Å². The number of hydrogen-bond donors (Lipinski definition) is 0. The summed E-state index contributed by atoms with van der Waals surface area (Å²) in [5, 5.41) is 7.51. The van der Waals surface area contributed by atoms with Gasteiger partial charge in [-0.25, -0.2) is 9.97 Å². The highest BCUT2D eigenvalue weighted by Gasteiger charge is 2.23. The third kappa shape index (κ3) is 3.91. The number of benzene rings is 7. The predicted octanol–water partition coefficient (Wildman–Crippen LogP) is 12.8. The first-order chi connectivity index (χ1) is 24.3. The van der Waals surface area contributed by atoms with Gasteiger partial charge in [0.05, 0.1) is 15.9 Å². The second-order valence-electron chi connectivity index (χ2n) is 12.5. The monoisotopic (exact) mass is 644 g/mol. The molecule has 4 aromatic heterocycles. The van der Waals surface area contributed by atoms with E-state index in [9.17, 15) is 0 Å². The molecule has 4 heterocycles. The van der Waals surface area contributed by atoms with Crippen molar-refractivity contribution < 1.29 is 8.83 Å². The second-order valence-corrected chi connectivity index (χ2v) is 13.5. The van der Waals surface area contributed by atoms with Crippen LogP contribution in [0.5, 0.6) is 0 Å². The molecule has 11 rings (SSSR count). The molecule has 5 heteroatoms. The quantitative estimate of drug-likeness (QED) is 0.192. The van der Waals surface area contributed by atoms with Crippen LogP contribution in [0, 0.1) is 0 Å². The van der Waals surface area contributed by atoms with Gasteiger partial charge in [0.2, 0.25) is 0 Å². The third-order valence-electron chi connectivity index (χ3n) is 9.70. The SMILES string of the molecule is c1ccc(-c2ccc3c(c2)oc2c4ccccc4c(-c4nc(-c5cccc6oc7ccccc7c56)nc5c4sc4ccccc45)cc32)cc1. The van der Waals surface area contributed by atoms with Gasteiger partial charge in [0.25, 0.3) is 0 Å². The first kappa shape index (κ1) is 26.7. The lowest BCUT2D eigenvalue weighted by atomic mass is 9.97. The van der Waals surface area contributed by atoms with Gasteiger partial charge in [-0.05, 0) is 52.9 Å². The zero-order chi connectivity index (χ0) is 32.1. The zero-order valence-corrected chi connectivity index (χ0v) is 26.8. The lowest BCUT2D eigenvalue weighted by molar-refractivity contribution is 0.669. The van der Waals surface area contributed by atoms with Gasteiger partial charge in [-0.2, -0.15) is 0 Å². The van der Waals surface area contributed by atoms with Gasteiger partial charge in [-0.15, -0.1) is 11.3 Å². The highest BCUT2D eigenvalue weighted by Crippen LogP contribution is 2.46. The van der Waals surface area contributed by atoms with Crippen LogP contribution in [0.4, 0.5) is 0 Å². The smallest absolute Gasteiger partial charge is 0.161 e. The van der Waals surface area contributed by atoms with E-state index in [0.717, 1.165) is 98.2 Å². The maximum Gasteiger partial charge on any atom is 0.161 e. The van der Waals surface area contributed by atoms with E-state index in [1.54, 1.807) is 11.3 Å². The molecule has 0 saturated carbocycles. The van der Waals surface area contributed by atoms with Crippen molar-refractivity contribution in [2.24, 2.45) is 0 Å². The Balaban J connectivity index is 1.24. The van der Waals surface area contributed by atoms with Gasteiger partial charge in [-0.1, -0.05) is 109 Å². The van der Waals surface area contributed by atoms with Crippen LogP contribution in [0.15, 0.2) is 154 Å². The van der Waals surface area contributed by atoms with Gasteiger partial charge in [-0.3, -0.25) is 0 Å². The molecule has 0 saturated heterocycles. The van der Waals surface area contributed by atoms with Crippen LogP contribution in [0.25, 0.3) is 109 Å². The Labute approximate surface area is 283 Å². The molecule has 0 aliphatic rings. The Morgan fingerprint density at radius 3 is 2.10 bits per heavy atom. The summed E-state index contributed by atoms with van der Waals surface area (Å²) in [6, 6.07) is 50.6. The number of rotatable bonds is 3. The minimum Gasteiger partial charge on any atom is -0.456 e. The lowest BCUT2D eigenvalue weighted by Gasteiger charge is -2.11. The minimum atomic E-state index is 0.678. The first-order valence-corrected chi connectivity index (χ1v) is 17.1. The molecule has 0 amide bonds. The van der Waals surface area contributed by atoms with Crippen LogP contribution >= 0.6 is 11.3 Å². The molecule has 0 radical (unpaired) electrons. The van der Waals surface area contributed by atoms with Crippen molar-refractivity contribution >= 4 is 86.3 Å². The van der Waals surface area contributed by atoms with Crippen molar-refractivity contribution in [3.8, 4) is 33.8 Å². The molecular formula is C44H24N2O2S. The van der Waals surface area contributed by atoms with Crippen molar-refractivity contribution in [2.45, 2.75) is 0 Å². The van der Waals surface area contributed by atoms with E-state index in [1.807, 2.05) is 30.3 Å². The Morgan fingerprint density at radius 1 is 0.449 bits per heavy atom. The average molecular weight is 645 g/mol. The molecule has 0 fully saturated rings. The van der Waals surface area contributed by atoms with Gasteiger partial charge >= 0.3 is 0 Å². The van der Waals surface area contributed by atoms with Crippen molar-refractivity contribution in [2.75, 3.05) is 0 Å². The molecule has 0 atom stereocenters. The Morgan fingerprint density at radius 2 is 1.20 bits per heavy atom. The molecule has 0 bridgehead atoms. The van der Waals surface area contributed by atoms with Crippen LogP contribution in [-0.2, 0) is 0 Å². The van der Waals surface area contributed by atoms with Crippen LogP contribution in [-0.4, -0.2) is 9.97 Å². The fourth-order valence-corrected chi connectivity index (χ4v) is 8.60. The van der Waals surface area contributed by atoms with Gasteiger partial charge in [0.15, 0.2) is 5.82 Å². The average Bonchev–Trinajstić information content (AvgIpc) is 3.85. The zero-order valence-electron chi connectivity index (χ0n) is 26.0. The van der Waals surface area contributed by atoms with Gasteiger partial charge < -0.3 is 8.83 Å². The van der Waals surface area contributed by atoms with Crippen molar-refractivity contribution in [1.29, 1.82) is 0 Å². The predicted molar refractivity (Wildman–Crippen MR) is 203 cm³/mol. The van der Waals surface area contributed by atoms with E-state index < -0.39 is 0 Å². The third-order valence-corrected chi connectivity index (χ3v) is 10.9. The van der Waals surface area contributed by atoms with Gasteiger partial charge in [0, 0.05) is 48.1 Å². The molecule has 228 valence electrons. The number of hydrogen-bond acceptors (Lipinski definition) is 5. The summed E-state index contributed by atoms with van der Waals surface area (Å²) in [5.41, 5.74) is 9.61. The van der Waals surface area contributed by atoms with Crippen LogP contribution in [0.1, 0.15) is 0 Å². The van der Waals surface area contributed by atoms with Crippen LogP contribution < -0.4 is 0 Å². The minimum absolute atomic E-state index is 0.678. The molecule has 0 aliphatic heterocycles. The molecule has 0 aliphatic carbocycles. The summed E-state index contributed by atoms with van der Waals surface area (Å²) >= 11 is 1.75. The van der Waals surface area contributed by atoms with Crippen molar-refractivity contribution in [3.05, 3.63) is 146 Å². The topological polar surface area (TPSA) is 52.1 Å². The molecule has 4 nitrogen and oxygen atoms in total. The largest absolute Gasteiger partial charge is 0.456 e. The molecule has 7 aromatic carbocycles. The Bertz CT molecular complexity index is 3110.